The first-order chi connectivity index (χ1) is 41.2. The van der Waals surface area contributed by atoms with Crippen molar-refractivity contribution in [3.63, 3.8) is 0 Å². The van der Waals surface area contributed by atoms with Crippen LogP contribution in [-0.2, 0) is 10.8 Å². The van der Waals surface area contributed by atoms with E-state index in [0.29, 0.717) is 0 Å². The van der Waals surface area contributed by atoms with Crippen molar-refractivity contribution in [2.45, 2.75) is 10.8 Å². The molecule has 3 nitrogen and oxygen atoms in total. The maximum atomic E-state index is 6.64. The molecule has 13 aromatic carbocycles. The minimum absolute atomic E-state index is 0.584. The Morgan fingerprint density at radius 3 is 1.66 bits per heavy atom. The highest BCUT2D eigenvalue weighted by atomic mass is 16.3. The summed E-state index contributed by atoms with van der Waals surface area (Å²) in [6.07, 6.45) is 0. The van der Waals surface area contributed by atoms with E-state index in [1.54, 1.807) is 0 Å². The summed E-state index contributed by atoms with van der Waals surface area (Å²) >= 11 is 0. The SMILES string of the molecule is c1ccc(C2(c3ccccc3)c3ccccc3-c3c(N(c4ccc(-c5cccc6c5oc5ccccc56)cc4)c4ccccc4-c4ccc5c(c4)C4(c6ccccc6-5)c5ccccc5-n5c6ccccc6c6cccc4c65)cccc32)cc1. The van der Waals surface area contributed by atoms with E-state index >= 15 is 0 Å². The van der Waals surface area contributed by atoms with Crippen LogP contribution in [0, 0.1) is 0 Å². The molecule has 83 heavy (non-hydrogen) atoms. The molecule has 2 aliphatic carbocycles. The van der Waals surface area contributed by atoms with Gasteiger partial charge >= 0.3 is 0 Å². The zero-order valence-corrected chi connectivity index (χ0v) is 45.2. The van der Waals surface area contributed by atoms with Gasteiger partial charge in [0.1, 0.15) is 11.2 Å². The highest BCUT2D eigenvalue weighted by molar-refractivity contribution is 6.13. The Morgan fingerprint density at radius 1 is 0.313 bits per heavy atom. The van der Waals surface area contributed by atoms with Gasteiger partial charge in [-0.25, -0.2) is 0 Å². The Bertz CT molecular complexity index is 5120. The van der Waals surface area contributed by atoms with Crippen molar-refractivity contribution >= 4 is 60.8 Å². The first-order valence-corrected chi connectivity index (χ1v) is 28.8. The van der Waals surface area contributed by atoms with E-state index in [9.17, 15) is 0 Å². The van der Waals surface area contributed by atoms with E-state index in [0.717, 1.165) is 61.3 Å². The van der Waals surface area contributed by atoms with Gasteiger partial charge in [0.05, 0.1) is 38.9 Å². The molecule has 0 saturated carbocycles. The molecule has 1 atom stereocenters. The average Bonchev–Trinajstić information content (AvgIpc) is 1.91. The number of rotatable bonds is 7. The van der Waals surface area contributed by atoms with E-state index in [1.165, 1.54) is 94.3 Å². The largest absolute Gasteiger partial charge is 0.455 e. The second kappa shape index (κ2) is 17.4. The van der Waals surface area contributed by atoms with Gasteiger partial charge in [-0.15, -0.1) is 0 Å². The van der Waals surface area contributed by atoms with Gasteiger partial charge in [0.25, 0.3) is 0 Å². The predicted octanol–water partition coefficient (Wildman–Crippen LogP) is 20.5. The van der Waals surface area contributed by atoms with Gasteiger partial charge < -0.3 is 13.9 Å². The lowest BCUT2D eigenvalue weighted by atomic mass is 9.65. The first kappa shape index (κ1) is 46.1. The van der Waals surface area contributed by atoms with Gasteiger partial charge in [-0.1, -0.05) is 255 Å². The molecule has 0 amide bonds. The number of para-hydroxylation sites is 6. The molecule has 1 aliphatic heterocycles. The van der Waals surface area contributed by atoms with Crippen LogP contribution >= 0.6 is 0 Å². The van der Waals surface area contributed by atoms with Gasteiger partial charge in [0.15, 0.2) is 0 Å². The van der Waals surface area contributed by atoms with Crippen LogP contribution in [0.15, 0.2) is 308 Å². The Balaban J connectivity index is 0.892. The van der Waals surface area contributed by atoms with E-state index in [4.69, 9.17) is 4.42 Å². The van der Waals surface area contributed by atoms with Crippen LogP contribution in [0.3, 0.4) is 0 Å². The van der Waals surface area contributed by atoms with Crippen LogP contribution in [0.1, 0.15) is 44.5 Å². The van der Waals surface area contributed by atoms with Crippen LogP contribution in [-0.4, -0.2) is 4.57 Å². The van der Waals surface area contributed by atoms with Crippen molar-refractivity contribution in [3.05, 3.63) is 348 Å². The molecule has 0 bridgehead atoms. The van der Waals surface area contributed by atoms with E-state index < -0.39 is 10.8 Å². The highest BCUT2D eigenvalue weighted by Crippen LogP contribution is 2.63. The van der Waals surface area contributed by atoms with Gasteiger partial charge in [-0.05, 0) is 121 Å². The molecule has 0 N–H and O–H groups in total. The summed E-state index contributed by atoms with van der Waals surface area (Å²) in [5.74, 6) is 0. The van der Waals surface area contributed by atoms with Crippen LogP contribution in [0.5, 0.6) is 0 Å². The zero-order chi connectivity index (χ0) is 54.4. The maximum absolute atomic E-state index is 6.64. The molecule has 386 valence electrons. The molecule has 1 unspecified atom stereocenters. The number of nitrogens with zero attached hydrogens (tertiary/aromatic N) is 2. The third kappa shape index (κ3) is 6.12. The molecule has 1 spiro atoms. The van der Waals surface area contributed by atoms with Gasteiger partial charge in [0.2, 0.25) is 0 Å². The van der Waals surface area contributed by atoms with Crippen molar-refractivity contribution in [2.24, 2.45) is 0 Å². The Morgan fingerprint density at radius 2 is 0.855 bits per heavy atom. The van der Waals surface area contributed by atoms with Crippen LogP contribution in [0.4, 0.5) is 17.1 Å². The van der Waals surface area contributed by atoms with Crippen LogP contribution in [0.25, 0.3) is 93.9 Å². The molecule has 0 fully saturated rings. The van der Waals surface area contributed by atoms with Crippen molar-refractivity contribution < 1.29 is 4.42 Å². The zero-order valence-electron chi connectivity index (χ0n) is 45.2. The summed E-state index contributed by atoms with van der Waals surface area (Å²) in [5.41, 5.74) is 27.2. The number of hydrogen-bond donors (Lipinski definition) is 0. The molecule has 2 aromatic heterocycles. The van der Waals surface area contributed by atoms with Gasteiger partial charge in [0, 0.05) is 43.9 Å². The number of fused-ring (bicyclic) bond motifs is 18. The van der Waals surface area contributed by atoms with E-state index in [1.807, 2.05) is 6.07 Å². The highest BCUT2D eigenvalue weighted by Gasteiger charge is 2.51. The molecule has 0 radical (unpaired) electrons. The summed E-state index contributed by atoms with van der Waals surface area (Å²) in [6, 6.07) is 113. The number of hydrogen-bond acceptors (Lipinski definition) is 2. The summed E-state index contributed by atoms with van der Waals surface area (Å²) < 4.78 is 9.17. The lowest BCUT2D eigenvalue weighted by Crippen LogP contribution is -2.33. The second-order valence-electron chi connectivity index (χ2n) is 22.5. The third-order valence-electron chi connectivity index (χ3n) is 18.7. The normalized spacial score (nSPS) is 14.9. The average molecular weight is 1060 g/mol. The monoisotopic (exact) mass is 1050 g/mol. The maximum Gasteiger partial charge on any atom is 0.143 e. The first-order valence-electron chi connectivity index (χ1n) is 28.8. The van der Waals surface area contributed by atoms with Crippen molar-refractivity contribution in [3.8, 4) is 50.2 Å². The fourth-order valence-electron chi connectivity index (χ4n) is 15.5. The van der Waals surface area contributed by atoms with Crippen molar-refractivity contribution in [1.82, 2.24) is 4.57 Å². The second-order valence-corrected chi connectivity index (χ2v) is 22.5. The lowest BCUT2D eigenvalue weighted by molar-refractivity contribution is 0.670. The lowest BCUT2D eigenvalue weighted by Gasteiger charge is -2.39. The Kier molecular flexibility index (Phi) is 9.64. The van der Waals surface area contributed by atoms with Crippen molar-refractivity contribution in [1.29, 1.82) is 0 Å². The van der Waals surface area contributed by atoms with Gasteiger partial charge in [-0.3, -0.25) is 0 Å². The number of anilines is 3. The Hall–Kier alpha value is -10.7. The van der Waals surface area contributed by atoms with Gasteiger partial charge in [-0.2, -0.15) is 0 Å². The van der Waals surface area contributed by atoms with E-state index in [2.05, 4.69) is 307 Å². The fourth-order valence-corrected chi connectivity index (χ4v) is 15.5. The standard InChI is InChI=1S/C80H50N2O/c1-3-22-53(23-4-1)79(54-24-5-2-6-25-54)66-35-13-8-30-64(66)76-68(79)37-21-42-74(76)81(55-47-44-51(45-48-55)57-31-19-33-63-61-29-11-18-43-75(61)83-78(57)63)71-39-15-9-26-56(71)52-46-49-59-58-27-7-12-34-65(58)80(70(59)50-52)67-36-14-17-41-73(67)82-72-40-16-10-28-60(72)62-32-20-38-69(80)77(62)82/h1-50H. The summed E-state index contributed by atoms with van der Waals surface area (Å²) in [5, 5.41) is 4.78. The quantitative estimate of drug-likeness (QED) is 0.159. The molecule has 3 heterocycles. The fraction of sp³-hybridized carbons (Fsp3) is 0.0250. The summed E-state index contributed by atoms with van der Waals surface area (Å²) in [7, 11) is 0. The molecular formula is C80H50N2O. The number of aromatic nitrogens is 1. The smallest absolute Gasteiger partial charge is 0.143 e. The topological polar surface area (TPSA) is 21.3 Å². The van der Waals surface area contributed by atoms with Crippen LogP contribution in [0.2, 0.25) is 0 Å². The third-order valence-corrected chi connectivity index (χ3v) is 18.7. The molecule has 15 aromatic rings. The minimum atomic E-state index is -0.599. The van der Waals surface area contributed by atoms with Crippen LogP contribution < -0.4 is 4.90 Å². The summed E-state index contributed by atoms with van der Waals surface area (Å²) in [4.78, 5) is 2.54. The Labute approximate surface area is 480 Å². The molecule has 3 aliphatic rings. The molecule has 3 heteroatoms. The minimum Gasteiger partial charge on any atom is -0.455 e. The predicted molar refractivity (Wildman–Crippen MR) is 342 cm³/mol. The molecular weight excluding hydrogens is 1000 g/mol. The van der Waals surface area contributed by atoms with E-state index in [-0.39, 0.29) is 0 Å². The van der Waals surface area contributed by atoms with Crippen molar-refractivity contribution in [2.75, 3.05) is 4.90 Å². The number of benzene rings is 13. The molecule has 0 saturated heterocycles. The number of furan rings is 1. The summed E-state index contributed by atoms with van der Waals surface area (Å²) in [6.45, 7) is 0. The molecule has 18 rings (SSSR count).